The third-order valence-electron chi connectivity index (χ3n) is 5.57. The molecule has 0 aliphatic heterocycles. The van der Waals surface area contributed by atoms with Crippen LogP contribution < -0.4 is 5.32 Å². The van der Waals surface area contributed by atoms with E-state index < -0.39 is 0 Å². The molecule has 2 fully saturated rings. The molecule has 2 heteroatoms. The van der Waals surface area contributed by atoms with Crippen molar-refractivity contribution in [1.82, 2.24) is 5.32 Å². The molecule has 2 aliphatic rings. The summed E-state index contributed by atoms with van der Waals surface area (Å²) < 4.78 is 0. The summed E-state index contributed by atoms with van der Waals surface area (Å²) in [6.45, 7) is 2.27. The highest BCUT2D eigenvalue weighted by atomic mass is 35.5. The number of halogens is 1. The Kier molecular flexibility index (Phi) is 4.37. The fourth-order valence-corrected chi connectivity index (χ4v) is 4.35. The molecule has 0 radical (unpaired) electrons. The van der Waals surface area contributed by atoms with Crippen LogP contribution in [-0.4, -0.2) is 6.04 Å². The van der Waals surface area contributed by atoms with Gasteiger partial charge in [-0.1, -0.05) is 36.6 Å². The maximum atomic E-state index is 5.96. The fraction of sp³-hybridized carbons (Fsp3) is 0.667. The smallest absolute Gasteiger partial charge is 0.0406 e. The summed E-state index contributed by atoms with van der Waals surface area (Å²) in [6.07, 6.45) is 11.5. The first-order chi connectivity index (χ1) is 9.67. The van der Waals surface area contributed by atoms with Gasteiger partial charge in [-0.15, -0.1) is 0 Å². The number of rotatable bonds is 3. The molecule has 0 saturated heterocycles. The largest absolute Gasteiger partial charge is 0.307 e. The summed E-state index contributed by atoms with van der Waals surface area (Å²) in [6, 6.07) is 9.39. The normalized spacial score (nSPS) is 24.1. The topological polar surface area (TPSA) is 12.0 Å². The quantitative estimate of drug-likeness (QED) is 0.776. The van der Waals surface area contributed by atoms with Crippen molar-refractivity contribution in [2.24, 2.45) is 5.41 Å². The van der Waals surface area contributed by atoms with E-state index in [4.69, 9.17) is 11.6 Å². The first-order valence-electron chi connectivity index (χ1n) is 8.18. The first kappa shape index (κ1) is 14.4. The molecule has 1 spiro atoms. The summed E-state index contributed by atoms with van der Waals surface area (Å²) in [5, 5.41) is 4.64. The van der Waals surface area contributed by atoms with Crippen molar-refractivity contribution in [2.75, 3.05) is 0 Å². The minimum Gasteiger partial charge on any atom is -0.307 e. The molecule has 1 nitrogen and oxygen atoms in total. The van der Waals surface area contributed by atoms with Crippen molar-refractivity contribution in [3.8, 4) is 0 Å². The van der Waals surface area contributed by atoms with Gasteiger partial charge in [0.2, 0.25) is 0 Å². The average Bonchev–Trinajstić information content (AvgIpc) is 2.91. The second kappa shape index (κ2) is 6.07. The standard InChI is InChI=1S/C18H26ClN/c1-14(15-4-6-16(19)7-5-15)20-17-8-12-18(13-9-17)10-2-3-11-18/h4-7,14,17,20H,2-3,8-13H2,1H3/t14-/m0/s1. The predicted molar refractivity (Wildman–Crippen MR) is 86.2 cm³/mol. The van der Waals surface area contributed by atoms with Gasteiger partial charge in [-0.3, -0.25) is 0 Å². The monoisotopic (exact) mass is 291 g/mol. The summed E-state index contributed by atoms with van der Waals surface area (Å²) in [5.41, 5.74) is 2.08. The molecule has 110 valence electrons. The zero-order chi connectivity index (χ0) is 14.0. The molecule has 1 aromatic carbocycles. The van der Waals surface area contributed by atoms with Crippen LogP contribution in [0.5, 0.6) is 0 Å². The lowest BCUT2D eigenvalue weighted by atomic mass is 9.71. The van der Waals surface area contributed by atoms with Crippen LogP contribution in [-0.2, 0) is 0 Å². The third kappa shape index (κ3) is 3.20. The maximum absolute atomic E-state index is 5.96. The van der Waals surface area contributed by atoms with Gasteiger partial charge in [-0.2, -0.15) is 0 Å². The number of hydrogen-bond acceptors (Lipinski definition) is 1. The molecular weight excluding hydrogens is 266 g/mol. The van der Waals surface area contributed by atoms with Crippen molar-refractivity contribution >= 4 is 11.6 Å². The zero-order valence-electron chi connectivity index (χ0n) is 12.5. The molecule has 1 aromatic rings. The minimum atomic E-state index is 0.426. The number of nitrogens with one attached hydrogen (secondary N) is 1. The van der Waals surface area contributed by atoms with E-state index in [1.54, 1.807) is 0 Å². The van der Waals surface area contributed by atoms with E-state index >= 15 is 0 Å². The third-order valence-corrected chi connectivity index (χ3v) is 5.82. The van der Waals surface area contributed by atoms with Crippen LogP contribution in [0.3, 0.4) is 0 Å². The highest BCUT2D eigenvalue weighted by molar-refractivity contribution is 6.30. The van der Waals surface area contributed by atoms with Crippen molar-refractivity contribution in [1.29, 1.82) is 0 Å². The van der Waals surface area contributed by atoms with Crippen LogP contribution in [0, 0.1) is 5.41 Å². The Morgan fingerprint density at radius 2 is 1.65 bits per heavy atom. The van der Waals surface area contributed by atoms with Gasteiger partial charge in [-0.25, -0.2) is 0 Å². The van der Waals surface area contributed by atoms with E-state index in [-0.39, 0.29) is 0 Å². The lowest BCUT2D eigenvalue weighted by Gasteiger charge is -2.38. The van der Waals surface area contributed by atoms with Crippen molar-refractivity contribution < 1.29 is 0 Å². The van der Waals surface area contributed by atoms with Gasteiger partial charge in [0.05, 0.1) is 0 Å². The van der Waals surface area contributed by atoms with Gasteiger partial charge in [0.1, 0.15) is 0 Å². The Labute approximate surface area is 128 Å². The fourth-order valence-electron chi connectivity index (χ4n) is 4.22. The van der Waals surface area contributed by atoms with Gasteiger partial charge in [0.25, 0.3) is 0 Å². The summed E-state index contributed by atoms with van der Waals surface area (Å²) in [4.78, 5) is 0. The molecule has 20 heavy (non-hydrogen) atoms. The summed E-state index contributed by atoms with van der Waals surface area (Å²) >= 11 is 5.96. The molecule has 1 N–H and O–H groups in total. The van der Waals surface area contributed by atoms with Gasteiger partial charge >= 0.3 is 0 Å². The second-order valence-corrected chi connectivity index (χ2v) is 7.36. The van der Waals surface area contributed by atoms with Crippen LogP contribution in [0.2, 0.25) is 5.02 Å². The highest BCUT2D eigenvalue weighted by Gasteiger charge is 2.37. The van der Waals surface area contributed by atoms with Gasteiger partial charge in [0.15, 0.2) is 0 Å². The second-order valence-electron chi connectivity index (χ2n) is 6.92. The summed E-state index contributed by atoms with van der Waals surface area (Å²) in [5.74, 6) is 0. The molecule has 3 rings (SSSR count). The molecule has 0 bridgehead atoms. The minimum absolute atomic E-state index is 0.426. The highest BCUT2D eigenvalue weighted by Crippen LogP contribution is 2.49. The van der Waals surface area contributed by atoms with E-state index in [2.05, 4.69) is 24.4 Å². The predicted octanol–water partition coefficient (Wildman–Crippen LogP) is 5.49. The number of benzene rings is 1. The molecule has 1 atom stereocenters. The molecule has 0 aromatic heterocycles. The lowest BCUT2D eigenvalue weighted by molar-refractivity contribution is 0.164. The van der Waals surface area contributed by atoms with Crippen LogP contribution in [0.15, 0.2) is 24.3 Å². The first-order valence-corrected chi connectivity index (χ1v) is 8.56. The molecule has 2 saturated carbocycles. The van der Waals surface area contributed by atoms with E-state index in [0.717, 1.165) is 10.4 Å². The Bertz CT molecular complexity index is 423. The zero-order valence-corrected chi connectivity index (χ0v) is 13.3. The van der Waals surface area contributed by atoms with Crippen LogP contribution >= 0.6 is 11.6 Å². The van der Waals surface area contributed by atoms with Crippen LogP contribution in [0.25, 0.3) is 0 Å². The van der Waals surface area contributed by atoms with Crippen molar-refractivity contribution in [3.05, 3.63) is 34.9 Å². The molecule has 0 heterocycles. The van der Waals surface area contributed by atoms with E-state index in [0.29, 0.717) is 12.1 Å². The molecular formula is C18H26ClN. The van der Waals surface area contributed by atoms with E-state index in [1.807, 2.05) is 12.1 Å². The Morgan fingerprint density at radius 3 is 2.25 bits per heavy atom. The Hall–Kier alpha value is -0.530. The van der Waals surface area contributed by atoms with Gasteiger partial charge in [0, 0.05) is 17.1 Å². The molecule has 0 unspecified atom stereocenters. The Morgan fingerprint density at radius 1 is 1.05 bits per heavy atom. The van der Waals surface area contributed by atoms with Crippen molar-refractivity contribution in [2.45, 2.75) is 70.4 Å². The van der Waals surface area contributed by atoms with Crippen molar-refractivity contribution in [3.63, 3.8) is 0 Å². The van der Waals surface area contributed by atoms with Gasteiger partial charge < -0.3 is 5.32 Å². The molecule has 0 amide bonds. The SMILES string of the molecule is C[C@H](NC1CCC2(CCCC2)CC1)c1ccc(Cl)cc1. The lowest BCUT2D eigenvalue weighted by Crippen LogP contribution is -2.37. The average molecular weight is 292 g/mol. The summed E-state index contributed by atoms with van der Waals surface area (Å²) in [7, 11) is 0. The van der Waals surface area contributed by atoms with Crippen LogP contribution in [0.1, 0.15) is 69.9 Å². The number of hydrogen-bond donors (Lipinski definition) is 1. The van der Waals surface area contributed by atoms with Crippen LogP contribution in [0.4, 0.5) is 0 Å². The maximum Gasteiger partial charge on any atom is 0.0406 e. The van der Waals surface area contributed by atoms with E-state index in [9.17, 15) is 0 Å². The van der Waals surface area contributed by atoms with E-state index in [1.165, 1.54) is 56.9 Å². The Balaban J connectivity index is 1.52. The molecule has 2 aliphatic carbocycles. The van der Waals surface area contributed by atoms with Gasteiger partial charge in [-0.05, 0) is 68.6 Å².